The summed E-state index contributed by atoms with van der Waals surface area (Å²) in [5.74, 6) is 1.51. The first-order valence-electron chi connectivity index (χ1n) is 5.21. The van der Waals surface area contributed by atoms with E-state index in [4.69, 9.17) is 0 Å². The van der Waals surface area contributed by atoms with Gasteiger partial charge in [-0.25, -0.2) is 0 Å². The molecule has 0 bridgehead atoms. The number of hydrogen-bond acceptors (Lipinski definition) is 2. The van der Waals surface area contributed by atoms with Gasteiger partial charge in [-0.3, -0.25) is 4.79 Å². The lowest BCUT2D eigenvalue weighted by Gasteiger charge is -2.29. The Bertz CT molecular complexity index is 170. The monoisotopic (exact) mass is 184 g/mol. The quantitative estimate of drug-likeness (QED) is 0.680. The lowest BCUT2D eigenvalue weighted by molar-refractivity contribution is -0.121. The molecule has 1 fully saturated rings. The summed E-state index contributed by atoms with van der Waals surface area (Å²) in [5.41, 5.74) is 0. The van der Waals surface area contributed by atoms with Crippen LogP contribution in [-0.4, -0.2) is 25.5 Å². The van der Waals surface area contributed by atoms with E-state index in [9.17, 15) is 4.79 Å². The Balaban J connectivity index is 2.22. The highest BCUT2D eigenvalue weighted by molar-refractivity contribution is 5.75. The summed E-state index contributed by atoms with van der Waals surface area (Å²) < 4.78 is 0. The first kappa shape index (κ1) is 10.5. The van der Waals surface area contributed by atoms with Gasteiger partial charge >= 0.3 is 0 Å². The number of carbonyl (C=O) groups excluding carboxylic acids is 1. The van der Waals surface area contributed by atoms with E-state index in [1.165, 1.54) is 6.42 Å². The van der Waals surface area contributed by atoms with Crippen LogP contribution in [-0.2, 0) is 4.79 Å². The predicted molar refractivity (Wildman–Crippen MR) is 53.4 cm³/mol. The van der Waals surface area contributed by atoms with Gasteiger partial charge in [-0.05, 0) is 31.3 Å². The Labute approximate surface area is 80.3 Å². The van der Waals surface area contributed by atoms with Crippen LogP contribution in [0.2, 0.25) is 0 Å². The van der Waals surface area contributed by atoms with Crippen molar-refractivity contribution in [3.05, 3.63) is 0 Å². The third-order valence-corrected chi connectivity index (χ3v) is 2.87. The fourth-order valence-corrected chi connectivity index (χ4v) is 1.70. The molecule has 1 amide bonds. The largest absolute Gasteiger partial charge is 0.356 e. The van der Waals surface area contributed by atoms with Crippen LogP contribution in [0.5, 0.6) is 0 Å². The van der Waals surface area contributed by atoms with Crippen LogP contribution in [0.1, 0.15) is 26.7 Å². The van der Waals surface area contributed by atoms with Gasteiger partial charge in [0.2, 0.25) is 5.91 Å². The highest BCUT2D eigenvalue weighted by atomic mass is 16.1. The topological polar surface area (TPSA) is 41.1 Å². The first-order chi connectivity index (χ1) is 6.24. The Morgan fingerprint density at radius 1 is 1.62 bits per heavy atom. The maximum absolute atomic E-state index is 11.0. The van der Waals surface area contributed by atoms with E-state index < -0.39 is 0 Å². The Morgan fingerprint density at radius 3 is 3.00 bits per heavy atom. The Kier molecular flexibility index (Phi) is 4.22. The molecule has 0 radical (unpaired) electrons. The number of piperidine rings is 1. The van der Waals surface area contributed by atoms with Gasteiger partial charge in [-0.15, -0.1) is 0 Å². The molecule has 1 aliphatic rings. The lowest BCUT2D eigenvalue weighted by Crippen LogP contribution is -2.42. The van der Waals surface area contributed by atoms with Crippen LogP contribution in [0.4, 0.5) is 0 Å². The van der Waals surface area contributed by atoms with E-state index >= 15 is 0 Å². The van der Waals surface area contributed by atoms with Crippen LogP contribution < -0.4 is 10.6 Å². The molecule has 0 aliphatic carbocycles. The number of rotatable bonds is 3. The molecule has 0 spiro atoms. The summed E-state index contributed by atoms with van der Waals surface area (Å²) in [5, 5.41) is 6.31. The summed E-state index contributed by atoms with van der Waals surface area (Å²) in [6.45, 7) is 7.16. The van der Waals surface area contributed by atoms with Crippen LogP contribution >= 0.6 is 0 Å². The highest BCUT2D eigenvalue weighted by Crippen LogP contribution is 2.17. The van der Waals surface area contributed by atoms with E-state index in [1.807, 2.05) is 6.92 Å². The zero-order chi connectivity index (χ0) is 9.68. The molecule has 76 valence electrons. The van der Waals surface area contributed by atoms with Gasteiger partial charge in [0.1, 0.15) is 0 Å². The molecule has 1 heterocycles. The van der Waals surface area contributed by atoms with Gasteiger partial charge in [0.25, 0.3) is 0 Å². The van der Waals surface area contributed by atoms with Crippen molar-refractivity contribution < 1.29 is 4.79 Å². The van der Waals surface area contributed by atoms with Gasteiger partial charge < -0.3 is 10.6 Å². The van der Waals surface area contributed by atoms with Gasteiger partial charge in [-0.2, -0.15) is 0 Å². The second-order valence-electron chi connectivity index (χ2n) is 3.89. The third kappa shape index (κ3) is 3.35. The van der Waals surface area contributed by atoms with Crippen molar-refractivity contribution in [3.8, 4) is 0 Å². The maximum Gasteiger partial charge on any atom is 0.219 e. The minimum Gasteiger partial charge on any atom is -0.356 e. The Hall–Kier alpha value is -0.570. The van der Waals surface area contributed by atoms with Crippen LogP contribution in [0, 0.1) is 11.8 Å². The van der Waals surface area contributed by atoms with Crippen molar-refractivity contribution in [1.29, 1.82) is 0 Å². The molecule has 0 saturated carbocycles. The van der Waals surface area contributed by atoms with Crippen LogP contribution in [0.15, 0.2) is 0 Å². The molecule has 2 N–H and O–H groups in total. The summed E-state index contributed by atoms with van der Waals surface area (Å²) in [7, 11) is 0. The Morgan fingerprint density at radius 2 is 2.38 bits per heavy atom. The molecular weight excluding hydrogens is 164 g/mol. The summed E-state index contributed by atoms with van der Waals surface area (Å²) in [4.78, 5) is 11.0. The number of carbonyl (C=O) groups is 1. The predicted octanol–water partition coefficient (Wildman–Crippen LogP) is 0.758. The van der Waals surface area contributed by atoms with Gasteiger partial charge in [-0.1, -0.05) is 13.8 Å². The summed E-state index contributed by atoms with van der Waals surface area (Å²) in [6, 6.07) is 0. The number of nitrogens with one attached hydrogen (secondary N) is 2. The molecule has 1 saturated heterocycles. The highest BCUT2D eigenvalue weighted by Gasteiger charge is 2.20. The van der Waals surface area contributed by atoms with Crippen molar-refractivity contribution >= 4 is 5.91 Å². The molecule has 2 unspecified atom stereocenters. The summed E-state index contributed by atoms with van der Waals surface area (Å²) >= 11 is 0. The minimum absolute atomic E-state index is 0.165. The van der Waals surface area contributed by atoms with E-state index in [-0.39, 0.29) is 5.91 Å². The zero-order valence-corrected chi connectivity index (χ0v) is 8.60. The molecule has 1 rings (SSSR count). The van der Waals surface area contributed by atoms with E-state index in [0.29, 0.717) is 12.3 Å². The number of amides is 1. The van der Waals surface area contributed by atoms with Crippen molar-refractivity contribution in [2.45, 2.75) is 26.7 Å². The van der Waals surface area contributed by atoms with E-state index in [2.05, 4.69) is 17.6 Å². The molecule has 1 aliphatic heterocycles. The fourth-order valence-electron chi connectivity index (χ4n) is 1.70. The van der Waals surface area contributed by atoms with Gasteiger partial charge in [0, 0.05) is 13.0 Å². The molecule has 0 aromatic heterocycles. The molecule has 2 atom stereocenters. The zero-order valence-electron chi connectivity index (χ0n) is 8.60. The molecule has 3 nitrogen and oxygen atoms in total. The van der Waals surface area contributed by atoms with Crippen molar-refractivity contribution in [2.24, 2.45) is 11.8 Å². The van der Waals surface area contributed by atoms with Crippen molar-refractivity contribution in [2.75, 3.05) is 19.6 Å². The second-order valence-corrected chi connectivity index (χ2v) is 3.89. The standard InChI is InChI=1S/C10H20N2O/c1-3-10(13)12-7-9-6-11-5-4-8(9)2/h8-9,11H,3-7H2,1-2H3,(H,12,13). The van der Waals surface area contributed by atoms with E-state index in [0.717, 1.165) is 25.6 Å². The molecule has 3 heteroatoms. The van der Waals surface area contributed by atoms with Crippen molar-refractivity contribution in [1.82, 2.24) is 10.6 Å². The van der Waals surface area contributed by atoms with Gasteiger partial charge in [0.05, 0.1) is 0 Å². The molecule has 0 aromatic rings. The second kappa shape index (κ2) is 5.22. The normalized spacial score (nSPS) is 28.5. The molecule has 0 aromatic carbocycles. The van der Waals surface area contributed by atoms with E-state index in [1.54, 1.807) is 0 Å². The van der Waals surface area contributed by atoms with Gasteiger partial charge in [0.15, 0.2) is 0 Å². The lowest BCUT2D eigenvalue weighted by atomic mass is 9.88. The van der Waals surface area contributed by atoms with Crippen LogP contribution in [0.3, 0.4) is 0 Å². The van der Waals surface area contributed by atoms with Crippen molar-refractivity contribution in [3.63, 3.8) is 0 Å². The molecule has 13 heavy (non-hydrogen) atoms. The average Bonchev–Trinajstić information content (AvgIpc) is 2.16. The van der Waals surface area contributed by atoms with Crippen LogP contribution in [0.25, 0.3) is 0 Å². The molecular formula is C10H20N2O. The SMILES string of the molecule is CCC(=O)NCC1CNCCC1C. The average molecular weight is 184 g/mol. The minimum atomic E-state index is 0.165. The maximum atomic E-state index is 11.0. The first-order valence-corrected chi connectivity index (χ1v) is 5.21. The third-order valence-electron chi connectivity index (χ3n) is 2.87. The number of hydrogen-bond donors (Lipinski definition) is 2. The smallest absolute Gasteiger partial charge is 0.219 e. The summed E-state index contributed by atoms with van der Waals surface area (Å²) in [6.07, 6.45) is 1.82. The fraction of sp³-hybridized carbons (Fsp3) is 0.900.